The lowest BCUT2D eigenvalue weighted by atomic mass is 10.1. The summed E-state index contributed by atoms with van der Waals surface area (Å²) in [4.78, 5) is 24.4. The molecule has 0 spiro atoms. The van der Waals surface area contributed by atoms with Gasteiger partial charge in [-0.05, 0) is 44.2 Å². The summed E-state index contributed by atoms with van der Waals surface area (Å²) in [7, 11) is 1.52. The van der Waals surface area contributed by atoms with E-state index in [1.165, 1.54) is 7.11 Å². The Morgan fingerprint density at radius 1 is 1.00 bits per heavy atom. The largest absolute Gasteiger partial charge is 0.496 e. The summed E-state index contributed by atoms with van der Waals surface area (Å²) < 4.78 is 5.18. The Kier molecular flexibility index (Phi) is 5.36. The Labute approximate surface area is 135 Å². The van der Waals surface area contributed by atoms with Crippen LogP contribution in [-0.4, -0.2) is 25.0 Å². The maximum absolute atomic E-state index is 12.4. The van der Waals surface area contributed by atoms with E-state index in [0.717, 1.165) is 0 Å². The predicted octanol–water partition coefficient (Wildman–Crippen LogP) is 3.09. The van der Waals surface area contributed by atoms with Crippen LogP contribution in [0.25, 0.3) is 0 Å². The first-order valence-electron chi connectivity index (χ1n) is 7.36. The molecule has 0 unspecified atom stereocenters. The van der Waals surface area contributed by atoms with Gasteiger partial charge >= 0.3 is 0 Å². The molecule has 2 rings (SSSR count). The summed E-state index contributed by atoms with van der Waals surface area (Å²) in [6.07, 6.45) is 0. The van der Waals surface area contributed by atoms with Crippen molar-refractivity contribution in [3.05, 3.63) is 59.7 Å². The van der Waals surface area contributed by atoms with Crippen LogP contribution >= 0.6 is 0 Å². The molecular formula is C18H20N2O3. The Hall–Kier alpha value is -2.82. The summed E-state index contributed by atoms with van der Waals surface area (Å²) in [5, 5.41) is 5.60. The number of carbonyl (C=O) groups excluding carboxylic acids is 2. The number of carbonyl (C=O) groups is 2. The molecule has 2 aromatic rings. The molecule has 23 heavy (non-hydrogen) atoms. The molecule has 2 N–H and O–H groups in total. The molecule has 2 amide bonds. The molecule has 0 fully saturated rings. The van der Waals surface area contributed by atoms with Crippen LogP contribution in [-0.2, 0) is 0 Å². The average Bonchev–Trinajstić information content (AvgIpc) is 2.54. The zero-order valence-corrected chi connectivity index (χ0v) is 13.4. The first-order chi connectivity index (χ1) is 11.0. The topological polar surface area (TPSA) is 67.4 Å². The third kappa shape index (κ3) is 4.32. The number of amides is 2. The van der Waals surface area contributed by atoms with Crippen LogP contribution in [0.5, 0.6) is 5.75 Å². The van der Waals surface area contributed by atoms with Gasteiger partial charge in [-0.1, -0.05) is 18.2 Å². The van der Waals surface area contributed by atoms with E-state index in [4.69, 9.17) is 4.74 Å². The SMILES string of the molecule is COc1ccccc1C(=O)Nc1cccc(C(=O)NC(C)C)c1. The summed E-state index contributed by atoms with van der Waals surface area (Å²) >= 11 is 0. The van der Waals surface area contributed by atoms with Crippen LogP contribution in [0.2, 0.25) is 0 Å². The van der Waals surface area contributed by atoms with Gasteiger partial charge in [0.2, 0.25) is 0 Å². The standard InChI is InChI=1S/C18H20N2O3/c1-12(2)19-17(21)13-7-6-8-14(11-13)20-18(22)15-9-4-5-10-16(15)23-3/h4-12H,1-3H3,(H,19,21)(H,20,22). The number of hydrogen-bond donors (Lipinski definition) is 2. The van der Waals surface area contributed by atoms with Gasteiger partial charge < -0.3 is 15.4 Å². The van der Waals surface area contributed by atoms with Crippen molar-refractivity contribution < 1.29 is 14.3 Å². The minimum atomic E-state index is -0.288. The number of benzene rings is 2. The van der Waals surface area contributed by atoms with Crippen molar-refractivity contribution in [3.63, 3.8) is 0 Å². The van der Waals surface area contributed by atoms with Gasteiger partial charge in [-0.15, -0.1) is 0 Å². The lowest BCUT2D eigenvalue weighted by Gasteiger charge is -2.11. The molecule has 5 heteroatoms. The maximum atomic E-state index is 12.4. The molecule has 0 saturated carbocycles. The van der Waals surface area contributed by atoms with Crippen molar-refractivity contribution >= 4 is 17.5 Å². The first-order valence-corrected chi connectivity index (χ1v) is 7.36. The number of methoxy groups -OCH3 is 1. The normalized spacial score (nSPS) is 10.3. The molecule has 0 heterocycles. The van der Waals surface area contributed by atoms with Gasteiger partial charge in [-0.25, -0.2) is 0 Å². The van der Waals surface area contributed by atoms with Crippen LogP contribution in [0.3, 0.4) is 0 Å². The van der Waals surface area contributed by atoms with Gasteiger partial charge in [0.1, 0.15) is 5.75 Å². The lowest BCUT2D eigenvalue weighted by Crippen LogP contribution is -2.30. The molecule has 0 saturated heterocycles. The zero-order valence-electron chi connectivity index (χ0n) is 13.4. The smallest absolute Gasteiger partial charge is 0.259 e. The second-order valence-electron chi connectivity index (χ2n) is 5.36. The van der Waals surface area contributed by atoms with E-state index in [2.05, 4.69) is 10.6 Å². The highest BCUT2D eigenvalue weighted by Gasteiger charge is 2.13. The lowest BCUT2D eigenvalue weighted by molar-refractivity contribution is 0.0941. The van der Waals surface area contributed by atoms with E-state index in [1.807, 2.05) is 13.8 Å². The molecule has 0 atom stereocenters. The minimum Gasteiger partial charge on any atom is -0.496 e. The van der Waals surface area contributed by atoms with E-state index in [0.29, 0.717) is 22.6 Å². The van der Waals surface area contributed by atoms with Gasteiger partial charge in [0.25, 0.3) is 11.8 Å². The summed E-state index contributed by atoms with van der Waals surface area (Å²) in [5.74, 6) is 0.0379. The van der Waals surface area contributed by atoms with E-state index in [1.54, 1.807) is 48.5 Å². The number of hydrogen-bond acceptors (Lipinski definition) is 3. The molecule has 0 aliphatic rings. The van der Waals surface area contributed by atoms with E-state index < -0.39 is 0 Å². The van der Waals surface area contributed by atoms with Crippen molar-refractivity contribution in [2.45, 2.75) is 19.9 Å². The number of rotatable bonds is 5. The number of anilines is 1. The quantitative estimate of drug-likeness (QED) is 0.891. The van der Waals surface area contributed by atoms with Crippen LogP contribution in [0, 0.1) is 0 Å². The third-order valence-corrected chi connectivity index (χ3v) is 3.15. The third-order valence-electron chi connectivity index (χ3n) is 3.15. The highest BCUT2D eigenvalue weighted by molar-refractivity contribution is 6.06. The van der Waals surface area contributed by atoms with E-state index in [-0.39, 0.29) is 17.9 Å². The molecule has 0 aromatic heterocycles. The minimum absolute atomic E-state index is 0.0503. The second-order valence-corrected chi connectivity index (χ2v) is 5.36. The maximum Gasteiger partial charge on any atom is 0.259 e. The monoisotopic (exact) mass is 312 g/mol. The van der Waals surface area contributed by atoms with Crippen molar-refractivity contribution in [3.8, 4) is 5.75 Å². The fraction of sp³-hybridized carbons (Fsp3) is 0.222. The Morgan fingerprint density at radius 2 is 1.74 bits per heavy atom. The van der Waals surface area contributed by atoms with Gasteiger partial charge in [-0.3, -0.25) is 9.59 Å². The van der Waals surface area contributed by atoms with Crippen LogP contribution in [0.1, 0.15) is 34.6 Å². The molecule has 2 aromatic carbocycles. The van der Waals surface area contributed by atoms with E-state index in [9.17, 15) is 9.59 Å². The molecule has 0 aliphatic carbocycles. The van der Waals surface area contributed by atoms with Crippen molar-refractivity contribution in [1.82, 2.24) is 5.32 Å². The van der Waals surface area contributed by atoms with Gasteiger partial charge in [0.15, 0.2) is 0 Å². The second kappa shape index (κ2) is 7.45. The first kappa shape index (κ1) is 16.5. The molecule has 0 bridgehead atoms. The van der Waals surface area contributed by atoms with Gasteiger partial charge in [-0.2, -0.15) is 0 Å². The summed E-state index contributed by atoms with van der Waals surface area (Å²) in [5.41, 5.74) is 1.49. The molecule has 0 aliphatic heterocycles. The van der Waals surface area contributed by atoms with E-state index >= 15 is 0 Å². The Balaban J connectivity index is 2.17. The van der Waals surface area contributed by atoms with Crippen molar-refractivity contribution in [2.24, 2.45) is 0 Å². The summed E-state index contributed by atoms with van der Waals surface area (Å²) in [6.45, 7) is 3.79. The highest BCUT2D eigenvalue weighted by atomic mass is 16.5. The molecule has 5 nitrogen and oxygen atoms in total. The van der Waals surface area contributed by atoms with Gasteiger partial charge in [0, 0.05) is 17.3 Å². The van der Waals surface area contributed by atoms with Crippen LogP contribution < -0.4 is 15.4 Å². The fourth-order valence-electron chi connectivity index (χ4n) is 2.11. The average molecular weight is 312 g/mol. The summed E-state index contributed by atoms with van der Waals surface area (Å²) in [6, 6.07) is 13.8. The predicted molar refractivity (Wildman–Crippen MR) is 90.0 cm³/mol. The molecule has 120 valence electrons. The Bertz CT molecular complexity index is 711. The molecular weight excluding hydrogens is 292 g/mol. The number of nitrogens with one attached hydrogen (secondary N) is 2. The van der Waals surface area contributed by atoms with Crippen LogP contribution in [0.4, 0.5) is 5.69 Å². The van der Waals surface area contributed by atoms with Crippen molar-refractivity contribution in [1.29, 1.82) is 0 Å². The van der Waals surface area contributed by atoms with Crippen molar-refractivity contribution in [2.75, 3.05) is 12.4 Å². The van der Waals surface area contributed by atoms with Crippen LogP contribution in [0.15, 0.2) is 48.5 Å². The number of ether oxygens (including phenoxy) is 1. The zero-order chi connectivity index (χ0) is 16.8. The van der Waals surface area contributed by atoms with Gasteiger partial charge in [0.05, 0.1) is 12.7 Å². The molecule has 0 radical (unpaired) electrons. The Morgan fingerprint density at radius 3 is 2.43 bits per heavy atom. The highest BCUT2D eigenvalue weighted by Crippen LogP contribution is 2.19. The number of para-hydroxylation sites is 1. The fourth-order valence-corrected chi connectivity index (χ4v) is 2.11.